The first-order chi connectivity index (χ1) is 16.2. The molecule has 0 spiro atoms. The second-order valence-corrected chi connectivity index (χ2v) is 10.00. The maximum atomic E-state index is 12.9. The fourth-order valence-corrected chi connectivity index (χ4v) is 4.64. The summed E-state index contributed by atoms with van der Waals surface area (Å²) in [6.45, 7) is 7.74. The number of fused-ring (bicyclic) bond motifs is 1. The number of ether oxygens (including phenoxy) is 4. The van der Waals surface area contributed by atoms with Crippen LogP contribution >= 0.6 is 0 Å². The molecule has 1 unspecified atom stereocenters. The van der Waals surface area contributed by atoms with Gasteiger partial charge in [0.25, 0.3) is 5.91 Å². The van der Waals surface area contributed by atoms with Crippen LogP contribution in [-0.4, -0.2) is 72.8 Å². The Kier molecular flexibility index (Phi) is 7.19. The van der Waals surface area contributed by atoms with Gasteiger partial charge in [0.15, 0.2) is 18.1 Å². The number of hydrogen-bond donors (Lipinski definition) is 0. The van der Waals surface area contributed by atoms with E-state index in [9.17, 15) is 14.4 Å². The molecule has 4 rings (SSSR count). The first kappa shape index (κ1) is 24.2. The Hall–Kier alpha value is -2.97. The van der Waals surface area contributed by atoms with Gasteiger partial charge >= 0.3 is 12.1 Å². The Bertz CT molecular complexity index is 918. The van der Waals surface area contributed by atoms with Crippen LogP contribution in [0.4, 0.5) is 4.79 Å². The third kappa shape index (κ3) is 5.74. The molecule has 1 atom stereocenters. The van der Waals surface area contributed by atoms with Gasteiger partial charge in [-0.15, -0.1) is 0 Å². The van der Waals surface area contributed by atoms with E-state index in [-0.39, 0.29) is 36.5 Å². The molecule has 2 fully saturated rings. The van der Waals surface area contributed by atoms with Crippen molar-refractivity contribution in [1.29, 1.82) is 0 Å². The highest BCUT2D eigenvalue weighted by molar-refractivity contribution is 5.82. The highest BCUT2D eigenvalue weighted by Gasteiger charge is 2.34. The quantitative estimate of drug-likeness (QED) is 0.618. The lowest BCUT2D eigenvalue weighted by molar-refractivity contribution is -0.157. The van der Waals surface area contributed by atoms with E-state index in [0.717, 1.165) is 24.2 Å². The Morgan fingerprint density at radius 2 is 1.71 bits per heavy atom. The maximum absolute atomic E-state index is 12.9. The monoisotopic (exact) mass is 474 g/mol. The Morgan fingerprint density at radius 1 is 1.00 bits per heavy atom. The van der Waals surface area contributed by atoms with Crippen molar-refractivity contribution in [2.75, 3.05) is 39.5 Å². The Labute approximate surface area is 200 Å². The predicted octanol–water partition coefficient (Wildman–Crippen LogP) is 3.31. The molecule has 2 amide bonds. The average molecular weight is 475 g/mol. The van der Waals surface area contributed by atoms with E-state index in [4.69, 9.17) is 18.9 Å². The summed E-state index contributed by atoms with van der Waals surface area (Å²) in [6, 6.07) is 5.72. The van der Waals surface area contributed by atoms with Crippen molar-refractivity contribution in [2.24, 2.45) is 5.92 Å². The van der Waals surface area contributed by atoms with E-state index in [0.29, 0.717) is 51.4 Å². The van der Waals surface area contributed by atoms with Crippen molar-refractivity contribution in [3.05, 3.63) is 23.8 Å². The van der Waals surface area contributed by atoms with Gasteiger partial charge in [-0.1, -0.05) is 6.07 Å². The average Bonchev–Trinajstić information content (AvgIpc) is 3.31. The molecule has 0 aliphatic carbocycles. The second-order valence-electron chi connectivity index (χ2n) is 10.00. The van der Waals surface area contributed by atoms with Gasteiger partial charge in [-0.25, -0.2) is 4.79 Å². The molecule has 9 nitrogen and oxygen atoms in total. The minimum Gasteiger partial charge on any atom is -0.486 e. The van der Waals surface area contributed by atoms with Crippen LogP contribution in [0.3, 0.4) is 0 Å². The van der Waals surface area contributed by atoms with E-state index >= 15 is 0 Å². The molecule has 0 radical (unpaired) electrons. The number of carbonyl (C=O) groups excluding carboxylic acids is 3. The van der Waals surface area contributed by atoms with Gasteiger partial charge in [0.05, 0.1) is 12.0 Å². The highest BCUT2D eigenvalue weighted by Crippen LogP contribution is 2.38. The van der Waals surface area contributed by atoms with Crippen LogP contribution in [0.1, 0.15) is 58.1 Å². The largest absolute Gasteiger partial charge is 0.486 e. The summed E-state index contributed by atoms with van der Waals surface area (Å²) in [4.78, 5) is 41.1. The van der Waals surface area contributed by atoms with Gasteiger partial charge in [0.2, 0.25) is 0 Å². The second kappa shape index (κ2) is 10.1. The van der Waals surface area contributed by atoms with E-state index in [1.54, 1.807) is 9.80 Å². The zero-order valence-electron chi connectivity index (χ0n) is 20.2. The maximum Gasteiger partial charge on any atom is 0.410 e. The lowest BCUT2D eigenvalue weighted by Crippen LogP contribution is -2.43. The van der Waals surface area contributed by atoms with Crippen LogP contribution in [0, 0.1) is 5.92 Å². The van der Waals surface area contributed by atoms with Crippen LogP contribution in [0.5, 0.6) is 11.5 Å². The van der Waals surface area contributed by atoms with E-state index in [1.165, 1.54) is 0 Å². The van der Waals surface area contributed by atoms with Crippen LogP contribution in [0.15, 0.2) is 18.2 Å². The predicted molar refractivity (Wildman–Crippen MR) is 123 cm³/mol. The standard InChI is InChI=1S/C25H34N2O7/c1-25(2,3)34-24(30)26-11-8-17(9-12-26)23(29)33-16-22(28)27-10-4-5-19(27)18-6-7-20-21(15-18)32-14-13-31-20/h6-7,15,17,19H,4-5,8-14,16H2,1-3H3. The zero-order valence-corrected chi connectivity index (χ0v) is 20.2. The number of esters is 1. The molecule has 0 aromatic heterocycles. The smallest absolute Gasteiger partial charge is 0.410 e. The summed E-state index contributed by atoms with van der Waals surface area (Å²) in [7, 11) is 0. The Morgan fingerprint density at radius 3 is 2.41 bits per heavy atom. The molecule has 34 heavy (non-hydrogen) atoms. The molecule has 0 N–H and O–H groups in total. The fourth-order valence-electron chi connectivity index (χ4n) is 4.64. The highest BCUT2D eigenvalue weighted by atomic mass is 16.6. The van der Waals surface area contributed by atoms with Gasteiger partial charge in [0.1, 0.15) is 18.8 Å². The molecular formula is C25H34N2O7. The number of hydrogen-bond acceptors (Lipinski definition) is 7. The zero-order chi connectivity index (χ0) is 24.3. The van der Waals surface area contributed by atoms with Gasteiger partial charge in [-0.05, 0) is 64.2 Å². The first-order valence-electron chi connectivity index (χ1n) is 12.0. The number of carbonyl (C=O) groups is 3. The van der Waals surface area contributed by atoms with Gasteiger partial charge < -0.3 is 28.7 Å². The van der Waals surface area contributed by atoms with Crippen LogP contribution in [0.2, 0.25) is 0 Å². The number of nitrogens with zero attached hydrogens (tertiary/aromatic N) is 2. The van der Waals surface area contributed by atoms with Gasteiger partial charge in [0, 0.05) is 19.6 Å². The van der Waals surface area contributed by atoms with E-state index in [2.05, 4.69) is 0 Å². The third-order valence-electron chi connectivity index (χ3n) is 6.34. The lowest BCUT2D eigenvalue weighted by Gasteiger charge is -2.32. The summed E-state index contributed by atoms with van der Waals surface area (Å²) in [5.74, 6) is 0.521. The Balaban J connectivity index is 1.26. The minimum absolute atomic E-state index is 0.0703. The van der Waals surface area contributed by atoms with E-state index in [1.807, 2.05) is 39.0 Å². The van der Waals surface area contributed by atoms with Crippen LogP contribution < -0.4 is 9.47 Å². The molecule has 9 heteroatoms. The molecule has 0 bridgehead atoms. The number of benzene rings is 1. The molecule has 2 saturated heterocycles. The number of rotatable bonds is 4. The third-order valence-corrected chi connectivity index (χ3v) is 6.34. The summed E-state index contributed by atoms with van der Waals surface area (Å²) in [5.41, 5.74) is 0.441. The minimum atomic E-state index is -0.555. The van der Waals surface area contributed by atoms with Crippen LogP contribution in [-0.2, 0) is 19.1 Å². The molecular weight excluding hydrogens is 440 g/mol. The lowest BCUT2D eigenvalue weighted by atomic mass is 9.97. The fraction of sp³-hybridized carbons (Fsp3) is 0.640. The summed E-state index contributed by atoms with van der Waals surface area (Å²) < 4.78 is 22.1. The topological polar surface area (TPSA) is 94.6 Å². The molecule has 0 saturated carbocycles. The molecule has 3 aliphatic rings. The molecule has 1 aromatic carbocycles. The molecule has 3 aliphatic heterocycles. The number of amides is 2. The normalized spacial score (nSPS) is 20.7. The van der Waals surface area contributed by atoms with Crippen molar-refractivity contribution in [2.45, 2.75) is 58.1 Å². The first-order valence-corrected chi connectivity index (χ1v) is 12.0. The number of likely N-dealkylation sites (tertiary alicyclic amines) is 2. The van der Waals surface area contributed by atoms with Crippen molar-refractivity contribution in [3.8, 4) is 11.5 Å². The van der Waals surface area contributed by atoms with Gasteiger partial charge in [-0.2, -0.15) is 0 Å². The molecule has 3 heterocycles. The van der Waals surface area contributed by atoms with E-state index < -0.39 is 5.60 Å². The summed E-state index contributed by atoms with van der Waals surface area (Å²) in [6.07, 6.45) is 2.37. The van der Waals surface area contributed by atoms with Crippen molar-refractivity contribution >= 4 is 18.0 Å². The van der Waals surface area contributed by atoms with Gasteiger partial charge in [-0.3, -0.25) is 9.59 Å². The van der Waals surface area contributed by atoms with Crippen molar-refractivity contribution < 1.29 is 33.3 Å². The number of piperidine rings is 1. The SMILES string of the molecule is CC(C)(C)OC(=O)N1CCC(C(=O)OCC(=O)N2CCCC2c2ccc3c(c2)OCCO3)CC1. The molecule has 1 aromatic rings. The van der Waals surface area contributed by atoms with Crippen molar-refractivity contribution in [3.63, 3.8) is 0 Å². The summed E-state index contributed by atoms with van der Waals surface area (Å²) in [5, 5.41) is 0. The van der Waals surface area contributed by atoms with Crippen molar-refractivity contribution in [1.82, 2.24) is 9.80 Å². The summed E-state index contributed by atoms with van der Waals surface area (Å²) >= 11 is 0. The van der Waals surface area contributed by atoms with Crippen LogP contribution in [0.25, 0.3) is 0 Å². The molecule has 186 valence electrons.